The third kappa shape index (κ3) is 3.37. The Balaban J connectivity index is 1.52. The van der Waals surface area contributed by atoms with Crippen LogP contribution in [-0.2, 0) is 13.7 Å². The predicted octanol–water partition coefficient (Wildman–Crippen LogP) is 2.60. The monoisotopic (exact) mass is 359 g/mol. The van der Waals surface area contributed by atoms with Crippen molar-refractivity contribution in [2.75, 3.05) is 13.2 Å². The molecular formula is C19H27N4OS+. The van der Waals surface area contributed by atoms with Crippen LogP contribution in [0.25, 0.3) is 0 Å². The first kappa shape index (κ1) is 16.8. The standard InChI is InChI=1S/C19H26N4OS/c1-3-24-16-10-8-14(9-11-16)17-5-4-12-22(17)13-23-19(25)21(2)18(20-23)15-6-7-15/h8-11,15,17H,3-7,12-13H2,1-2H3/p+1/t17-/m1/s1. The largest absolute Gasteiger partial charge is 0.494 e. The Morgan fingerprint density at radius 3 is 2.68 bits per heavy atom. The molecule has 0 spiro atoms. The molecule has 4 rings (SSSR count). The van der Waals surface area contributed by atoms with Crippen molar-refractivity contribution >= 4 is 12.2 Å². The van der Waals surface area contributed by atoms with Gasteiger partial charge in [-0.1, -0.05) is 0 Å². The van der Waals surface area contributed by atoms with Gasteiger partial charge >= 0.3 is 0 Å². The van der Waals surface area contributed by atoms with Crippen LogP contribution in [0.4, 0.5) is 0 Å². The average Bonchev–Trinajstić information content (AvgIpc) is 3.30. The second-order valence-corrected chi connectivity index (χ2v) is 7.60. The summed E-state index contributed by atoms with van der Waals surface area (Å²) in [4.78, 5) is 1.56. The van der Waals surface area contributed by atoms with Gasteiger partial charge in [-0.15, -0.1) is 0 Å². The highest BCUT2D eigenvalue weighted by Gasteiger charge is 2.33. The zero-order valence-corrected chi connectivity index (χ0v) is 15.9. The highest BCUT2D eigenvalue weighted by molar-refractivity contribution is 7.71. The number of nitrogens with one attached hydrogen (secondary N) is 1. The normalized spacial score (nSPS) is 23.1. The molecule has 1 aromatic heterocycles. The van der Waals surface area contributed by atoms with Gasteiger partial charge in [0.15, 0.2) is 6.67 Å². The van der Waals surface area contributed by atoms with Crippen molar-refractivity contribution in [1.82, 2.24) is 14.3 Å². The van der Waals surface area contributed by atoms with E-state index in [-0.39, 0.29) is 0 Å². The smallest absolute Gasteiger partial charge is 0.202 e. The van der Waals surface area contributed by atoms with Crippen LogP contribution < -0.4 is 9.64 Å². The molecule has 134 valence electrons. The van der Waals surface area contributed by atoms with Crippen LogP contribution in [0.15, 0.2) is 24.3 Å². The summed E-state index contributed by atoms with van der Waals surface area (Å²) < 4.78 is 10.6. The van der Waals surface area contributed by atoms with Crippen LogP contribution in [0.5, 0.6) is 5.75 Å². The van der Waals surface area contributed by atoms with Gasteiger partial charge in [-0.2, -0.15) is 9.78 Å². The summed E-state index contributed by atoms with van der Waals surface area (Å²) in [5.74, 6) is 2.75. The molecule has 2 fully saturated rings. The molecule has 1 unspecified atom stereocenters. The van der Waals surface area contributed by atoms with Gasteiger partial charge in [0, 0.05) is 31.4 Å². The Hall–Kier alpha value is -1.66. The van der Waals surface area contributed by atoms with Gasteiger partial charge in [-0.05, 0) is 56.2 Å². The summed E-state index contributed by atoms with van der Waals surface area (Å²) in [5.41, 5.74) is 1.39. The van der Waals surface area contributed by atoms with E-state index in [0.29, 0.717) is 18.6 Å². The van der Waals surface area contributed by atoms with Crippen LogP contribution in [0.2, 0.25) is 0 Å². The lowest BCUT2D eigenvalue weighted by molar-refractivity contribution is -0.941. The highest BCUT2D eigenvalue weighted by Crippen LogP contribution is 2.38. The van der Waals surface area contributed by atoms with Gasteiger partial charge < -0.3 is 14.2 Å². The molecule has 1 aliphatic heterocycles. The number of aromatic nitrogens is 3. The van der Waals surface area contributed by atoms with E-state index < -0.39 is 0 Å². The Morgan fingerprint density at radius 2 is 2.00 bits per heavy atom. The molecule has 2 atom stereocenters. The lowest BCUT2D eigenvalue weighted by Gasteiger charge is -2.21. The molecule has 0 radical (unpaired) electrons. The van der Waals surface area contributed by atoms with Crippen molar-refractivity contribution in [2.45, 2.75) is 51.2 Å². The fourth-order valence-electron chi connectivity index (χ4n) is 3.96. The van der Waals surface area contributed by atoms with Gasteiger partial charge in [0.05, 0.1) is 13.2 Å². The van der Waals surface area contributed by atoms with Crippen LogP contribution in [-0.4, -0.2) is 27.5 Å². The molecule has 2 aliphatic rings. The summed E-state index contributed by atoms with van der Waals surface area (Å²) in [7, 11) is 2.06. The fourth-order valence-corrected chi connectivity index (χ4v) is 4.16. The van der Waals surface area contributed by atoms with E-state index >= 15 is 0 Å². The number of ether oxygens (including phenoxy) is 1. The number of nitrogens with zero attached hydrogens (tertiary/aromatic N) is 3. The number of likely N-dealkylation sites (tertiary alicyclic amines) is 1. The molecule has 1 saturated carbocycles. The summed E-state index contributed by atoms with van der Waals surface area (Å²) in [5, 5.41) is 4.84. The van der Waals surface area contributed by atoms with E-state index in [1.165, 1.54) is 43.6 Å². The van der Waals surface area contributed by atoms with Crippen molar-refractivity contribution in [3.8, 4) is 5.75 Å². The van der Waals surface area contributed by atoms with Crippen molar-refractivity contribution < 1.29 is 9.64 Å². The van der Waals surface area contributed by atoms with Crippen molar-refractivity contribution in [2.24, 2.45) is 7.05 Å². The number of quaternary nitrogens is 1. The van der Waals surface area contributed by atoms with E-state index in [1.807, 2.05) is 11.6 Å². The third-order valence-electron chi connectivity index (χ3n) is 5.45. The Kier molecular flexibility index (Phi) is 4.65. The maximum Gasteiger partial charge on any atom is 0.202 e. The van der Waals surface area contributed by atoms with E-state index in [4.69, 9.17) is 22.1 Å². The SMILES string of the molecule is CCOc1ccc([C@H]2CCC[NH+]2Cn2nc(C3CC3)n(C)c2=S)cc1. The summed E-state index contributed by atoms with van der Waals surface area (Å²) in [6.07, 6.45) is 4.98. The Bertz CT molecular complexity index is 791. The summed E-state index contributed by atoms with van der Waals surface area (Å²) in [6, 6.07) is 9.13. The number of rotatable bonds is 6. The van der Waals surface area contributed by atoms with E-state index in [2.05, 4.69) is 35.9 Å². The molecule has 2 aromatic rings. The third-order valence-corrected chi connectivity index (χ3v) is 5.93. The van der Waals surface area contributed by atoms with Crippen molar-refractivity contribution in [3.05, 3.63) is 40.4 Å². The van der Waals surface area contributed by atoms with Gasteiger partial charge in [0.2, 0.25) is 4.77 Å². The molecule has 2 heterocycles. The molecular weight excluding hydrogens is 332 g/mol. The highest BCUT2D eigenvalue weighted by atomic mass is 32.1. The van der Waals surface area contributed by atoms with Crippen LogP contribution in [0.1, 0.15) is 56.0 Å². The summed E-state index contributed by atoms with van der Waals surface area (Å²) >= 11 is 5.63. The quantitative estimate of drug-likeness (QED) is 0.806. The number of hydrogen-bond donors (Lipinski definition) is 1. The Morgan fingerprint density at radius 1 is 1.24 bits per heavy atom. The Labute approximate surface area is 154 Å². The maximum absolute atomic E-state index is 5.63. The molecule has 0 amide bonds. The van der Waals surface area contributed by atoms with E-state index in [9.17, 15) is 0 Å². The van der Waals surface area contributed by atoms with Gasteiger partial charge in [-0.25, -0.2) is 0 Å². The molecule has 5 nitrogen and oxygen atoms in total. The van der Waals surface area contributed by atoms with Crippen molar-refractivity contribution in [1.29, 1.82) is 0 Å². The van der Waals surface area contributed by atoms with Crippen LogP contribution in [0.3, 0.4) is 0 Å². The van der Waals surface area contributed by atoms with Crippen LogP contribution >= 0.6 is 12.2 Å². The van der Waals surface area contributed by atoms with Gasteiger partial charge in [0.25, 0.3) is 0 Å². The fraction of sp³-hybridized carbons (Fsp3) is 0.579. The van der Waals surface area contributed by atoms with Gasteiger partial charge in [0.1, 0.15) is 17.6 Å². The first-order valence-corrected chi connectivity index (χ1v) is 9.79. The second-order valence-electron chi connectivity index (χ2n) is 7.24. The van der Waals surface area contributed by atoms with E-state index in [0.717, 1.165) is 17.2 Å². The molecule has 1 N–H and O–H groups in total. The molecule has 0 bridgehead atoms. The molecule has 1 aromatic carbocycles. The van der Waals surface area contributed by atoms with Crippen molar-refractivity contribution in [3.63, 3.8) is 0 Å². The van der Waals surface area contributed by atoms with Crippen LogP contribution in [0, 0.1) is 4.77 Å². The minimum absolute atomic E-state index is 0.518. The first-order chi connectivity index (χ1) is 12.2. The topological polar surface area (TPSA) is 36.4 Å². The number of hydrogen-bond acceptors (Lipinski definition) is 3. The molecule has 1 aliphatic carbocycles. The lowest BCUT2D eigenvalue weighted by atomic mass is 10.0. The zero-order chi connectivity index (χ0) is 17.4. The average molecular weight is 360 g/mol. The minimum Gasteiger partial charge on any atom is -0.494 e. The molecule has 1 saturated heterocycles. The van der Waals surface area contributed by atoms with E-state index in [1.54, 1.807) is 4.90 Å². The van der Waals surface area contributed by atoms with Gasteiger partial charge in [-0.3, -0.25) is 0 Å². The minimum atomic E-state index is 0.518. The summed E-state index contributed by atoms with van der Waals surface area (Å²) in [6.45, 7) is 4.76. The predicted molar refractivity (Wildman–Crippen MR) is 99.4 cm³/mol. The maximum atomic E-state index is 5.63. The molecule has 25 heavy (non-hydrogen) atoms. The second kappa shape index (κ2) is 6.92. The molecule has 6 heteroatoms. The lowest BCUT2D eigenvalue weighted by Crippen LogP contribution is -3.09. The number of benzene rings is 1. The first-order valence-electron chi connectivity index (χ1n) is 9.38. The zero-order valence-electron chi connectivity index (χ0n) is 15.1.